The first-order chi connectivity index (χ1) is 12.1. The van der Waals surface area contributed by atoms with Gasteiger partial charge in [-0.2, -0.15) is 0 Å². The van der Waals surface area contributed by atoms with Crippen molar-refractivity contribution in [3.8, 4) is 0 Å². The van der Waals surface area contributed by atoms with Crippen LogP contribution in [0.1, 0.15) is 55.5 Å². The van der Waals surface area contributed by atoms with E-state index in [9.17, 15) is 15.0 Å². The highest BCUT2D eigenvalue weighted by Gasteiger charge is 2.32. The van der Waals surface area contributed by atoms with Crippen molar-refractivity contribution in [3.63, 3.8) is 0 Å². The van der Waals surface area contributed by atoms with Gasteiger partial charge in [0.1, 0.15) is 0 Å². The molecule has 1 amide bonds. The molecule has 1 fully saturated rings. The number of hydrogen-bond acceptors (Lipinski definition) is 4. The normalized spacial score (nSPS) is 21.7. The number of aryl methyl sites for hydroxylation is 1. The first-order valence-electron chi connectivity index (χ1n) is 9.56. The lowest BCUT2D eigenvalue weighted by molar-refractivity contribution is 0.00304. The lowest BCUT2D eigenvalue weighted by atomic mass is 9.94. The molecule has 1 saturated heterocycles. The molecule has 146 valence electrons. The van der Waals surface area contributed by atoms with Crippen molar-refractivity contribution in [1.82, 2.24) is 9.80 Å². The molecule has 1 aliphatic heterocycles. The molecule has 0 radical (unpaired) electrons. The minimum atomic E-state index is -0.715. The first-order valence-corrected chi connectivity index (χ1v) is 9.56. The lowest BCUT2D eigenvalue weighted by Crippen LogP contribution is -2.41. The summed E-state index contributed by atoms with van der Waals surface area (Å²) in [7, 11) is 3.93. The van der Waals surface area contributed by atoms with E-state index in [1.807, 2.05) is 48.2 Å². The molecule has 0 aliphatic carbocycles. The van der Waals surface area contributed by atoms with E-state index in [0.717, 1.165) is 24.8 Å². The van der Waals surface area contributed by atoms with E-state index in [0.29, 0.717) is 38.0 Å². The van der Waals surface area contributed by atoms with Gasteiger partial charge in [0.2, 0.25) is 0 Å². The van der Waals surface area contributed by atoms with Gasteiger partial charge >= 0.3 is 0 Å². The standard InChI is InChI=1S/C21H34N2O3/c1-20(2,25)11-9-17-7-5-8-18(15-17)19(24)23-13-6-10-21(26,12-14-23)16-22(3)4/h5,7-8,15,25-26H,6,9-14,16H2,1-4H3/t21-/m1/s1. The molecule has 1 aliphatic rings. The third-order valence-electron chi connectivity index (χ3n) is 5.01. The summed E-state index contributed by atoms with van der Waals surface area (Å²) in [4.78, 5) is 16.8. The molecule has 1 aromatic rings. The van der Waals surface area contributed by atoms with Crippen LogP contribution in [0.3, 0.4) is 0 Å². The van der Waals surface area contributed by atoms with E-state index < -0.39 is 11.2 Å². The number of likely N-dealkylation sites (tertiary alicyclic amines) is 1. The number of aliphatic hydroxyl groups is 2. The lowest BCUT2D eigenvalue weighted by Gasteiger charge is -2.30. The molecule has 0 saturated carbocycles. The highest BCUT2D eigenvalue weighted by Crippen LogP contribution is 2.24. The Kier molecular flexibility index (Phi) is 6.83. The fourth-order valence-electron chi connectivity index (χ4n) is 3.62. The Bertz CT molecular complexity index is 610. The van der Waals surface area contributed by atoms with Gasteiger partial charge in [-0.05, 0) is 77.7 Å². The second-order valence-corrected chi connectivity index (χ2v) is 8.62. The number of rotatable bonds is 6. The molecule has 0 aromatic heterocycles. The minimum Gasteiger partial charge on any atom is -0.390 e. The van der Waals surface area contributed by atoms with Crippen molar-refractivity contribution in [2.24, 2.45) is 0 Å². The average molecular weight is 363 g/mol. The number of hydrogen-bond donors (Lipinski definition) is 2. The third-order valence-corrected chi connectivity index (χ3v) is 5.01. The highest BCUT2D eigenvalue weighted by atomic mass is 16.3. The Hall–Kier alpha value is -1.43. The van der Waals surface area contributed by atoms with Gasteiger partial charge in [0, 0.05) is 25.2 Å². The quantitative estimate of drug-likeness (QED) is 0.815. The monoisotopic (exact) mass is 362 g/mol. The maximum Gasteiger partial charge on any atom is 0.253 e. The summed E-state index contributed by atoms with van der Waals surface area (Å²) < 4.78 is 0. The van der Waals surface area contributed by atoms with E-state index in [-0.39, 0.29) is 5.91 Å². The molecule has 0 unspecified atom stereocenters. The average Bonchev–Trinajstić information content (AvgIpc) is 2.73. The summed E-state index contributed by atoms with van der Waals surface area (Å²) in [6.07, 6.45) is 3.55. The molecule has 0 spiro atoms. The van der Waals surface area contributed by atoms with Crippen LogP contribution in [0.15, 0.2) is 24.3 Å². The molecule has 5 nitrogen and oxygen atoms in total. The summed E-state index contributed by atoms with van der Waals surface area (Å²) in [5.41, 5.74) is 0.336. The summed E-state index contributed by atoms with van der Waals surface area (Å²) >= 11 is 0. The van der Waals surface area contributed by atoms with Gasteiger partial charge in [0.25, 0.3) is 5.91 Å². The van der Waals surface area contributed by atoms with Crippen LogP contribution in [-0.2, 0) is 6.42 Å². The van der Waals surface area contributed by atoms with E-state index in [1.54, 1.807) is 13.8 Å². The molecule has 2 rings (SSSR count). The van der Waals surface area contributed by atoms with Crippen molar-refractivity contribution >= 4 is 5.91 Å². The molecule has 2 N–H and O–H groups in total. The summed E-state index contributed by atoms with van der Waals surface area (Å²) in [6.45, 7) is 5.49. The van der Waals surface area contributed by atoms with Crippen LogP contribution >= 0.6 is 0 Å². The minimum absolute atomic E-state index is 0.0317. The topological polar surface area (TPSA) is 64.0 Å². The number of amides is 1. The Morgan fingerprint density at radius 2 is 2.00 bits per heavy atom. The zero-order valence-corrected chi connectivity index (χ0v) is 16.7. The van der Waals surface area contributed by atoms with Crippen molar-refractivity contribution < 1.29 is 15.0 Å². The molecule has 5 heteroatoms. The molecule has 26 heavy (non-hydrogen) atoms. The Labute approximate surface area is 157 Å². The fraction of sp³-hybridized carbons (Fsp3) is 0.667. The highest BCUT2D eigenvalue weighted by molar-refractivity contribution is 5.94. The number of carbonyl (C=O) groups excluding carboxylic acids is 1. The number of likely N-dealkylation sites (N-methyl/N-ethyl adjacent to an activating group) is 1. The number of nitrogens with zero attached hydrogens (tertiary/aromatic N) is 2. The zero-order valence-electron chi connectivity index (χ0n) is 16.7. The van der Waals surface area contributed by atoms with Crippen LogP contribution in [0.25, 0.3) is 0 Å². The van der Waals surface area contributed by atoms with Gasteiger partial charge < -0.3 is 20.0 Å². The Balaban J connectivity index is 2.02. The second-order valence-electron chi connectivity index (χ2n) is 8.62. The van der Waals surface area contributed by atoms with Crippen molar-refractivity contribution in [2.45, 2.75) is 57.2 Å². The van der Waals surface area contributed by atoms with Crippen molar-refractivity contribution in [1.29, 1.82) is 0 Å². The summed E-state index contributed by atoms with van der Waals surface area (Å²) in [6, 6.07) is 7.70. The summed E-state index contributed by atoms with van der Waals surface area (Å²) in [5.74, 6) is 0.0317. The van der Waals surface area contributed by atoms with E-state index in [1.165, 1.54) is 0 Å². The predicted octanol–water partition coefficient (Wildman–Crippen LogP) is 2.31. The maximum absolute atomic E-state index is 12.9. The third kappa shape index (κ3) is 6.38. The molecule has 0 bridgehead atoms. The first kappa shape index (κ1) is 20.9. The van der Waals surface area contributed by atoms with Crippen LogP contribution in [0.4, 0.5) is 0 Å². The molecular weight excluding hydrogens is 328 g/mol. The number of benzene rings is 1. The maximum atomic E-state index is 12.9. The van der Waals surface area contributed by atoms with E-state index >= 15 is 0 Å². The largest absolute Gasteiger partial charge is 0.390 e. The van der Waals surface area contributed by atoms with E-state index in [4.69, 9.17) is 0 Å². The summed E-state index contributed by atoms with van der Waals surface area (Å²) in [5, 5.41) is 20.7. The van der Waals surface area contributed by atoms with Crippen LogP contribution in [0.5, 0.6) is 0 Å². The van der Waals surface area contributed by atoms with E-state index in [2.05, 4.69) is 0 Å². The van der Waals surface area contributed by atoms with Gasteiger partial charge in [-0.1, -0.05) is 12.1 Å². The van der Waals surface area contributed by atoms with Gasteiger partial charge in [0.05, 0.1) is 11.2 Å². The molecular formula is C21H34N2O3. The second kappa shape index (κ2) is 8.51. The van der Waals surface area contributed by atoms with Gasteiger partial charge in [-0.3, -0.25) is 4.79 Å². The smallest absolute Gasteiger partial charge is 0.253 e. The van der Waals surface area contributed by atoms with Crippen molar-refractivity contribution in [2.75, 3.05) is 33.7 Å². The number of carbonyl (C=O) groups is 1. The Morgan fingerprint density at radius 1 is 1.27 bits per heavy atom. The zero-order chi connectivity index (χ0) is 19.4. The van der Waals surface area contributed by atoms with Gasteiger partial charge in [0.15, 0.2) is 0 Å². The van der Waals surface area contributed by atoms with Gasteiger partial charge in [-0.25, -0.2) is 0 Å². The van der Waals surface area contributed by atoms with Crippen LogP contribution < -0.4 is 0 Å². The van der Waals surface area contributed by atoms with Crippen LogP contribution in [-0.4, -0.2) is 70.9 Å². The van der Waals surface area contributed by atoms with Crippen LogP contribution in [0.2, 0.25) is 0 Å². The molecule has 1 atom stereocenters. The van der Waals surface area contributed by atoms with Crippen LogP contribution in [0, 0.1) is 0 Å². The SMILES string of the molecule is CN(C)C[C@@]1(O)CCCN(C(=O)c2cccc(CCC(C)(C)O)c2)CC1. The van der Waals surface area contributed by atoms with Gasteiger partial charge in [-0.15, -0.1) is 0 Å². The Morgan fingerprint density at radius 3 is 2.65 bits per heavy atom. The van der Waals surface area contributed by atoms with Crippen molar-refractivity contribution in [3.05, 3.63) is 35.4 Å². The fourth-order valence-corrected chi connectivity index (χ4v) is 3.62. The molecule has 1 heterocycles. The molecule has 1 aromatic carbocycles. The predicted molar refractivity (Wildman–Crippen MR) is 104 cm³/mol.